The number of nitrogens with zero attached hydrogens (tertiary/aromatic N) is 2. The standard InChI is InChI=1S/C16H26N4O/c1-3-4-7-20(11-15(17)21)16-12(2)8-13(10-19-16)9-18-14-5-6-14/h8,10,14,18H,3-7,9,11H2,1-2H3,(H2,17,21). The Labute approximate surface area is 126 Å². The van der Waals surface area contributed by atoms with Crippen LogP contribution >= 0.6 is 0 Å². The molecule has 0 saturated heterocycles. The van der Waals surface area contributed by atoms with Crippen LogP contribution in [0.3, 0.4) is 0 Å². The zero-order chi connectivity index (χ0) is 15.2. The fourth-order valence-electron chi connectivity index (χ4n) is 2.40. The summed E-state index contributed by atoms with van der Waals surface area (Å²) in [5.41, 5.74) is 7.64. The first-order valence-electron chi connectivity index (χ1n) is 7.82. The minimum absolute atomic E-state index is 0.230. The Balaban J connectivity index is 2.05. The highest BCUT2D eigenvalue weighted by Gasteiger charge is 2.20. The van der Waals surface area contributed by atoms with Gasteiger partial charge in [0.25, 0.3) is 0 Å². The molecule has 1 aliphatic rings. The predicted molar refractivity (Wildman–Crippen MR) is 85.2 cm³/mol. The van der Waals surface area contributed by atoms with Crippen LogP contribution in [0.15, 0.2) is 12.3 Å². The SMILES string of the molecule is CCCCN(CC(N)=O)c1ncc(CNC2CC2)cc1C. The lowest BCUT2D eigenvalue weighted by Gasteiger charge is -2.24. The number of anilines is 1. The van der Waals surface area contributed by atoms with Crippen LogP contribution in [0.5, 0.6) is 0 Å². The van der Waals surface area contributed by atoms with E-state index >= 15 is 0 Å². The number of pyridine rings is 1. The first-order valence-corrected chi connectivity index (χ1v) is 7.82. The van der Waals surface area contributed by atoms with Gasteiger partial charge >= 0.3 is 0 Å². The Hall–Kier alpha value is -1.62. The van der Waals surface area contributed by atoms with Crippen LogP contribution in [0, 0.1) is 6.92 Å². The van der Waals surface area contributed by atoms with Gasteiger partial charge in [0.2, 0.25) is 5.91 Å². The monoisotopic (exact) mass is 290 g/mol. The Morgan fingerprint density at radius 2 is 2.29 bits per heavy atom. The lowest BCUT2D eigenvalue weighted by atomic mass is 10.2. The van der Waals surface area contributed by atoms with Crippen molar-refractivity contribution in [1.29, 1.82) is 0 Å². The molecule has 1 heterocycles. The molecular formula is C16H26N4O. The number of rotatable bonds is 9. The number of aryl methyl sites for hydroxylation is 1. The molecule has 1 aromatic heterocycles. The topological polar surface area (TPSA) is 71.2 Å². The molecule has 5 nitrogen and oxygen atoms in total. The van der Waals surface area contributed by atoms with E-state index in [-0.39, 0.29) is 12.5 Å². The number of primary amides is 1. The fourth-order valence-corrected chi connectivity index (χ4v) is 2.40. The molecule has 1 fully saturated rings. The van der Waals surface area contributed by atoms with Gasteiger partial charge in [0.15, 0.2) is 0 Å². The number of amides is 1. The van der Waals surface area contributed by atoms with Crippen LogP contribution in [0.1, 0.15) is 43.7 Å². The number of nitrogens with one attached hydrogen (secondary N) is 1. The fraction of sp³-hybridized carbons (Fsp3) is 0.625. The summed E-state index contributed by atoms with van der Waals surface area (Å²) in [4.78, 5) is 17.8. The predicted octanol–water partition coefficient (Wildman–Crippen LogP) is 1.73. The van der Waals surface area contributed by atoms with E-state index in [0.717, 1.165) is 37.3 Å². The highest BCUT2D eigenvalue weighted by Crippen LogP contribution is 2.21. The first-order chi connectivity index (χ1) is 10.1. The van der Waals surface area contributed by atoms with Gasteiger partial charge in [0, 0.05) is 25.3 Å². The van der Waals surface area contributed by atoms with Gasteiger partial charge in [0.05, 0.1) is 6.54 Å². The third kappa shape index (κ3) is 5.01. The van der Waals surface area contributed by atoms with Crippen LogP contribution in [-0.4, -0.2) is 30.0 Å². The summed E-state index contributed by atoms with van der Waals surface area (Å²) in [6.45, 7) is 6.09. The van der Waals surface area contributed by atoms with E-state index in [1.165, 1.54) is 18.4 Å². The molecule has 0 radical (unpaired) electrons. The number of nitrogens with two attached hydrogens (primary N) is 1. The van der Waals surface area contributed by atoms with E-state index in [2.05, 4.69) is 23.3 Å². The molecule has 3 N–H and O–H groups in total. The number of carbonyl (C=O) groups excluding carboxylic acids is 1. The summed E-state index contributed by atoms with van der Waals surface area (Å²) in [5, 5.41) is 3.49. The first kappa shape index (κ1) is 15.8. The van der Waals surface area contributed by atoms with Crippen LogP contribution in [0.4, 0.5) is 5.82 Å². The molecule has 21 heavy (non-hydrogen) atoms. The second kappa shape index (κ2) is 7.41. The van der Waals surface area contributed by atoms with Gasteiger partial charge in [-0.2, -0.15) is 0 Å². The van der Waals surface area contributed by atoms with Gasteiger partial charge in [-0.15, -0.1) is 0 Å². The summed E-state index contributed by atoms with van der Waals surface area (Å²) in [6.07, 6.45) is 6.58. The summed E-state index contributed by atoms with van der Waals surface area (Å²) in [7, 11) is 0. The summed E-state index contributed by atoms with van der Waals surface area (Å²) >= 11 is 0. The third-order valence-corrected chi connectivity index (χ3v) is 3.71. The normalized spacial score (nSPS) is 14.2. The quantitative estimate of drug-likeness (QED) is 0.726. The molecule has 0 atom stereocenters. The van der Waals surface area contributed by atoms with Gasteiger partial charge in [-0.05, 0) is 43.4 Å². The van der Waals surface area contributed by atoms with Crippen LogP contribution in [0.25, 0.3) is 0 Å². The van der Waals surface area contributed by atoms with Gasteiger partial charge < -0.3 is 16.0 Å². The Kier molecular flexibility index (Phi) is 5.56. The second-order valence-electron chi connectivity index (χ2n) is 5.88. The van der Waals surface area contributed by atoms with Crippen LogP contribution < -0.4 is 16.0 Å². The molecule has 0 aromatic carbocycles. The molecule has 0 unspecified atom stereocenters. The maximum atomic E-state index is 11.3. The smallest absolute Gasteiger partial charge is 0.236 e. The van der Waals surface area contributed by atoms with Crippen molar-refractivity contribution in [3.63, 3.8) is 0 Å². The summed E-state index contributed by atoms with van der Waals surface area (Å²) in [6, 6.07) is 2.85. The van der Waals surface area contributed by atoms with Crippen molar-refractivity contribution >= 4 is 11.7 Å². The number of aromatic nitrogens is 1. The van der Waals surface area contributed by atoms with Crippen molar-refractivity contribution < 1.29 is 4.79 Å². The van der Waals surface area contributed by atoms with E-state index < -0.39 is 0 Å². The number of unbranched alkanes of at least 4 members (excludes halogenated alkanes) is 1. The second-order valence-corrected chi connectivity index (χ2v) is 5.88. The number of carbonyl (C=O) groups is 1. The highest BCUT2D eigenvalue weighted by molar-refractivity contribution is 5.79. The third-order valence-electron chi connectivity index (χ3n) is 3.71. The Bertz CT molecular complexity index is 485. The molecule has 5 heteroatoms. The molecule has 1 saturated carbocycles. The van der Waals surface area contributed by atoms with E-state index in [0.29, 0.717) is 6.04 Å². The molecule has 1 aromatic rings. The van der Waals surface area contributed by atoms with Crippen molar-refractivity contribution in [3.8, 4) is 0 Å². The maximum absolute atomic E-state index is 11.3. The Morgan fingerprint density at radius 3 is 2.86 bits per heavy atom. The summed E-state index contributed by atoms with van der Waals surface area (Å²) in [5.74, 6) is 0.559. The van der Waals surface area contributed by atoms with E-state index in [1.807, 2.05) is 18.0 Å². The lowest BCUT2D eigenvalue weighted by Crippen LogP contribution is -2.35. The van der Waals surface area contributed by atoms with Gasteiger partial charge in [-0.3, -0.25) is 4.79 Å². The van der Waals surface area contributed by atoms with Crippen molar-refractivity contribution in [2.75, 3.05) is 18.0 Å². The molecular weight excluding hydrogens is 264 g/mol. The van der Waals surface area contributed by atoms with Crippen LogP contribution in [-0.2, 0) is 11.3 Å². The van der Waals surface area contributed by atoms with Gasteiger partial charge in [-0.1, -0.05) is 13.3 Å². The molecule has 116 valence electrons. The van der Waals surface area contributed by atoms with Gasteiger partial charge in [0.1, 0.15) is 5.82 Å². The van der Waals surface area contributed by atoms with Gasteiger partial charge in [-0.25, -0.2) is 4.98 Å². The minimum atomic E-state index is -0.313. The van der Waals surface area contributed by atoms with E-state index in [4.69, 9.17) is 5.73 Å². The number of hydrogen-bond donors (Lipinski definition) is 2. The zero-order valence-corrected chi connectivity index (χ0v) is 13.1. The highest BCUT2D eigenvalue weighted by atomic mass is 16.1. The average Bonchev–Trinajstić information content (AvgIpc) is 3.25. The van der Waals surface area contributed by atoms with Crippen molar-refractivity contribution in [3.05, 3.63) is 23.4 Å². The largest absolute Gasteiger partial charge is 0.368 e. The maximum Gasteiger partial charge on any atom is 0.236 e. The van der Waals surface area contributed by atoms with Crippen molar-refractivity contribution in [2.45, 2.75) is 52.1 Å². The zero-order valence-electron chi connectivity index (χ0n) is 13.1. The van der Waals surface area contributed by atoms with E-state index in [1.54, 1.807) is 0 Å². The molecule has 0 aliphatic heterocycles. The minimum Gasteiger partial charge on any atom is -0.368 e. The average molecular weight is 290 g/mol. The Morgan fingerprint density at radius 1 is 1.52 bits per heavy atom. The van der Waals surface area contributed by atoms with Crippen molar-refractivity contribution in [1.82, 2.24) is 10.3 Å². The molecule has 2 rings (SSSR count). The van der Waals surface area contributed by atoms with Crippen LogP contribution in [0.2, 0.25) is 0 Å². The molecule has 1 amide bonds. The summed E-state index contributed by atoms with van der Waals surface area (Å²) < 4.78 is 0. The molecule has 0 bridgehead atoms. The number of hydrogen-bond acceptors (Lipinski definition) is 4. The van der Waals surface area contributed by atoms with Crippen molar-refractivity contribution in [2.24, 2.45) is 5.73 Å². The van der Waals surface area contributed by atoms with E-state index in [9.17, 15) is 4.79 Å². The molecule has 1 aliphatic carbocycles. The molecule has 0 spiro atoms. The lowest BCUT2D eigenvalue weighted by molar-refractivity contribution is -0.116.